The fourth-order valence-corrected chi connectivity index (χ4v) is 1.57. The number of fused-ring (bicyclic) bond motifs is 1. The normalized spacial score (nSPS) is 10.7. The Kier molecular flexibility index (Phi) is 3.44. The van der Waals surface area contributed by atoms with E-state index in [1.54, 1.807) is 19.2 Å². The van der Waals surface area contributed by atoms with Gasteiger partial charge < -0.3 is 13.9 Å². The molecule has 90 valence electrons. The van der Waals surface area contributed by atoms with Crippen LogP contribution in [0.3, 0.4) is 0 Å². The average Bonchev–Trinajstić information content (AvgIpc) is 2.35. The predicted octanol–water partition coefficient (Wildman–Crippen LogP) is 2.34. The zero-order valence-corrected chi connectivity index (χ0v) is 9.86. The van der Waals surface area contributed by atoms with Crippen LogP contribution in [0.5, 0.6) is 5.75 Å². The summed E-state index contributed by atoms with van der Waals surface area (Å²) in [7, 11) is 1.57. The minimum atomic E-state index is -0.362. The van der Waals surface area contributed by atoms with Crippen LogP contribution >= 0.6 is 0 Å². The molecule has 0 atom stereocenters. The number of ether oxygens (including phenoxy) is 2. The maximum atomic E-state index is 11.7. The summed E-state index contributed by atoms with van der Waals surface area (Å²) >= 11 is 0. The minimum absolute atomic E-state index is 0.279. The van der Waals surface area contributed by atoms with E-state index in [1.165, 1.54) is 0 Å². The Labute approximate surface area is 98.8 Å². The third-order valence-electron chi connectivity index (χ3n) is 2.48. The lowest BCUT2D eigenvalue weighted by Crippen LogP contribution is -2.08. The molecule has 1 heterocycles. The molecule has 0 amide bonds. The van der Waals surface area contributed by atoms with Crippen LogP contribution in [0.15, 0.2) is 33.5 Å². The van der Waals surface area contributed by atoms with Gasteiger partial charge in [-0.2, -0.15) is 0 Å². The summed E-state index contributed by atoms with van der Waals surface area (Å²) in [4.78, 5) is 11.7. The molecule has 0 aliphatic carbocycles. The van der Waals surface area contributed by atoms with E-state index in [1.807, 2.05) is 19.1 Å². The predicted molar refractivity (Wildman–Crippen MR) is 64.4 cm³/mol. The largest absolute Gasteiger partial charge is 0.497 e. The van der Waals surface area contributed by atoms with E-state index in [4.69, 9.17) is 13.9 Å². The van der Waals surface area contributed by atoms with Crippen molar-refractivity contribution in [1.29, 1.82) is 0 Å². The highest BCUT2D eigenvalue weighted by Gasteiger charge is 2.06. The van der Waals surface area contributed by atoms with Gasteiger partial charge in [-0.25, -0.2) is 4.79 Å². The van der Waals surface area contributed by atoms with Crippen LogP contribution in [0.4, 0.5) is 0 Å². The monoisotopic (exact) mass is 234 g/mol. The van der Waals surface area contributed by atoms with Crippen LogP contribution in [0, 0.1) is 0 Å². The van der Waals surface area contributed by atoms with E-state index in [2.05, 4.69) is 0 Å². The van der Waals surface area contributed by atoms with Gasteiger partial charge in [0.1, 0.15) is 11.3 Å². The Hall–Kier alpha value is -1.81. The van der Waals surface area contributed by atoms with Crippen molar-refractivity contribution < 1.29 is 13.9 Å². The topological polar surface area (TPSA) is 48.7 Å². The molecule has 0 bridgehead atoms. The second-order valence-electron chi connectivity index (χ2n) is 3.60. The number of rotatable bonds is 4. The summed E-state index contributed by atoms with van der Waals surface area (Å²) in [6.45, 7) is 2.73. The molecule has 4 heteroatoms. The van der Waals surface area contributed by atoms with Crippen molar-refractivity contribution in [1.82, 2.24) is 0 Å². The van der Waals surface area contributed by atoms with E-state index in [0.29, 0.717) is 23.5 Å². The molecule has 0 unspecified atom stereocenters. The maximum Gasteiger partial charge on any atom is 0.341 e. The molecule has 2 aromatic rings. The van der Waals surface area contributed by atoms with Crippen molar-refractivity contribution in [3.63, 3.8) is 0 Å². The summed E-state index contributed by atoms with van der Waals surface area (Å²) in [5, 5.41) is 0.861. The molecule has 0 spiro atoms. The van der Waals surface area contributed by atoms with Crippen LogP contribution in [0.25, 0.3) is 11.0 Å². The Bertz CT molecular complexity index is 571. The first-order valence-corrected chi connectivity index (χ1v) is 5.43. The zero-order valence-electron chi connectivity index (χ0n) is 9.86. The second kappa shape index (κ2) is 5.01. The molecule has 0 radical (unpaired) electrons. The Morgan fingerprint density at radius 1 is 1.29 bits per heavy atom. The van der Waals surface area contributed by atoms with Crippen molar-refractivity contribution in [3.8, 4) is 5.75 Å². The lowest BCUT2D eigenvalue weighted by molar-refractivity contribution is 0.132. The number of methoxy groups -OCH3 is 1. The van der Waals surface area contributed by atoms with Crippen LogP contribution in [-0.2, 0) is 11.3 Å². The molecule has 4 nitrogen and oxygen atoms in total. The first-order valence-electron chi connectivity index (χ1n) is 5.43. The van der Waals surface area contributed by atoms with Crippen LogP contribution in [0.1, 0.15) is 12.5 Å². The fraction of sp³-hybridized carbons (Fsp3) is 0.308. The molecular weight excluding hydrogens is 220 g/mol. The van der Waals surface area contributed by atoms with Gasteiger partial charge >= 0.3 is 5.63 Å². The standard InChI is InChI=1S/C13H14O4/c1-3-16-8-10-6-9-4-5-11(15-2)7-12(9)17-13(10)14/h4-7H,3,8H2,1-2H3. The molecule has 2 rings (SSSR count). The third kappa shape index (κ3) is 2.47. The minimum Gasteiger partial charge on any atom is -0.497 e. The van der Waals surface area contributed by atoms with Gasteiger partial charge in [0, 0.05) is 18.1 Å². The van der Waals surface area contributed by atoms with E-state index in [9.17, 15) is 4.79 Å². The fourth-order valence-electron chi connectivity index (χ4n) is 1.57. The second-order valence-corrected chi connectivity index (χ2v) is 3.60. The molecule has 1 aromatic carbocycles. The van der Waals surface area contributed by atoms with Gasteiger partial charge in [-0.05, 0) is 25.1 Å². The van der Waals surface area contributed by atoms with Crippen molar-refractivity contribution >= 4 is 11.0 Å². The maximum absolute atomic E-state index is 11.7. The Morgan fingerprint density at radius 2 is 2.12 bits per heavy atom. The summed E-state index contributed by atoms with van der Waals surface area (Å²) < 4.78 is 15.5. The quantitative estimate of drug-likeness (QED) is 0.762. The van der Waals surface area contributed by atoms with Crippen molar-refractivity contribution in [2.24, 2.45) is 0 Å². The van der Waals surface area contributed by atoms with Crippen molar-refractivity contribution in [3.05, 3.63) is 40.2 Å². The summed E-state index contributed by atoms with van der Waals surface area (Å²) in [5.74, 6) is 0.665. The van der Waals surface area contributed by atoms with Crippen molar-refractivity contribution in [2.45, 2.75) is 13.5 Å². The van der Waals surface area contributed by atoms with Gasteiger partial charge in [-0.1, -0.05) is 0 Å². The molecule has 0 N–H and O–H groups in total. The SMILES string of the molecule is CCOCc1cc2ccc(OC)cc2oc1=O. The zero-order chi connectivity index (χ0) is 12.3. The van der Waals surface area contributed by atoms with Gasteiger partial charge in [-0.15, -0.1) is 0 Å². The molecule has 1 aromatic heterocycles. The smallest absolute Gasteiger partial charge is 0.341 e. The number of hydrogen-bond donors (Lipinski definition) is 0. The molecule has 0 saturated heterocycles. The van der Waals surface area contributed by atoms with Gasteiger partial charge in [0.25, 0.3) is 0 Å². The summed E-state index contributed by atoms with van der Waals surface area (Å²) in [6.07, 6.45) is 0. The highest BCUT2D eigenvalue weighted by atomic mass is 16.5. The molecule has 0 fully saturated rings. The average molecular weight is 234 g/mol. The van der Waals surface area contributed by atoms with E-state index < -0.39 is 0 Å². The number of benzene rings is 1. The van der Waals surface area contributed by atoms with Crippen molar-refractivity contribution in [2.75, 3.05) is 13.7 Å². The molecule has 0 aliphatic heterocycles. The van der Waals surface area contributed by atoms with Crippen LogP contribution < -0.4 is 10.4 Å². The first kappa shape index (κ1) is 11.7. The lowest BCUT2D eigenvalue weighted by Gasteiger charge is -2.04. The van der Waals surface area contributed by atoms with E-state index >= 15 is 0 Å². The van der Waals surface area contributed by atoms with Crippen LogP contribution in [0.2, 0.25) is 0 Å². The van der Waals surface area contributed by atoms with Gasteiger partial charge in [-0.3, -0.25) is 0 Å². The highest BCUT2D eigenvalue weighted by molar-refractivity contribution is 5.78. The third-order valence-corrected chi connectivity index (χ3v) is 2.48. The first-order chi connectivity index (χ1) is 8.24. The Balaban J connectivity index is 2.47. The van der Waals surface area contributed by atoms with Gasteiger partial charge in [0.2, 0.25) is 0 Å². The Morgan fingerprint density at radius 3 is 2.82 bits per heavy atom. The lowest BCUT2D eigenvalue weighted by atomic mass is 10.2. The molecule has 17 heavy (non-hydrogen) atoms. The van der Waals surface area contributed by atoms with Gasteiger partial charge in [0.15, 0.2) is 0 Å². The molecule has 0 saturated carbocycles. The van der Waals surface area contributed by atoms with Crippen LogP contribution in [-0.4, -0.2) is 13.7 Å². The van der Waals surface area contributed by atoms with Gasteiger partial charge in [0.05, 0.1) is 19.3 Å². The molecular formula is C13H14O4. The summed E-state index contributed by atoms with van der Waals surface area (Å²) in [5.41, 5.74) is 0.693. The highest BCUT2D eigenvalue weighted by Crippen LogP contribution is 2.20. The molecule has 0 aliphatic rings. The van der Waals surface area contributed by atoms with E-state index in [0.717, 1.165) is 5.39 Å². The van der Waals surface area contributed by atoms with E-state index in [-0.39, 0.29) is 12.2 Å². The number of hydrogen-bond acceptors (Lipinski definition) is 4. The summed E-state index contributed by atoms with van der Waals surface area (Å²) in [6, 6.07) is 7.16.